The normalized spacial score (nSPS) is 22.6. The molecule has 12 heavy (non-hydrogen) atoms. The van der Waals surface area contributed by atoms with Crippen molar-refractivity contribution >= 4 is 5.91 Å². The first kappa shape index (κ1) is 9.48. The molecule has 0 saturated carbocycles. The maximum Gasteiger partial charge on any atom is 0.221 e. The van der Waals surface area contributed by atoms with Gasteiger partial charge in [-0.2, -0.15) is 0 Å². The van der Waals surface area contributed by atoms with Crippen LogP contribution in [0.1, 0.15) is 19.3 Å². The zero-order valence-corrected chi connectivity index (χ0v) is 7.21. The zero-order valence-electron chi connectivity index (χ0n) is 7.21. The predicted molar refractivity (Wildman–Crippen MR) is 45.7 cm³/mol. The molecule has 0 spiro atoms. The van der Waals surface area contributed by atoms with E-state index in [1.54, 1.807) is 0 Å². The lowest BCUT2D eigenvalue weighted by Crippen LogP contribution is -2.32. The van der Waals surface area contributed by atoms with Gasteiger partial charge in [-0.15, -0.1) is 0 Å². The van der Waals surface area contributed by atoms with Gasteiger partial charge in [-0.3, -0.25) is 4.79 Å². The summed E-state index contributed by atoms with van der Waals surface area (Å²) in [6, 6.07) is 0. The van der Waals surface area contributed by atoms with Crippen LogP contribution >= 0.6 is 0 Å². The largest absolute Gasteiger partial charge is 0.376 e. The van der Waals surface area contributed by atoms with Crippen molar-refractivity contribution in [3.05, 3.63) is 0 Å². The molecule has 0 aromatic carbocycles. The molecule has 0 radical (unpaired) electrons. The van der Waals surface area contributed by atoms with Crippen LogP contribution in [0.3, 0.4) is 0 Å². The molecule has 3 N–H and O–H groups in total. The summed E-state index contributed by atoms with van der Waals surface area (Å²) in [6.45, 7) is 1.88. The topological polar surface area (TPSA) is 64.4 Å². The van der Waals surface area contributed by atoms with Gasteiger partial charge in [-0.25, -0.2) is 0 Å². The number of hydrogen-bond acceptors (Lipinski definition) is 3. The molecule has 4 nitrogen and oxygen atoms in total. The van der Waals surface area contributed by atoms with Crippen LogP contribution in [0.2, 0.25) is 0 Å². The average molecular weight is 172 g/mol. The summed E-state index contributed by atoms with van der Waals surface area (Å²) in [5.74, 6) is 0.0213. The van der Waals surface area contributed by atoms with E-state index >= 15 is 0 Å². The van der Waals surface area contributed by atoms with Gasteiger partial charge in [-0.1, -0.05) is 0 Å². The number of amides is 1. The van der Waals surface area contributed by atoms with Gasteiger partial charge >= 0.3 is 0 Å². The lowest BCUT2D eigenvalue weighted by Gasteiger charge is -2.09. The van der Waals surface area contributed by atoms with Gasteiger partial charge in [0.2, 0.25) is 5.91 Å². The minimum absolute atomic E-state index is 0.0213. The molecule has 0 aliphatic carbocycles. The number of ether oxygens (including phenoxy) is 1. The molecular weight excluding hydrogens is 156 g/mol. The molecule has 1 heterocycles. The Morgan fingerprint density at radius 1 is 1.67 bits per heavy atom. The summed E-state index contributed by atoms with van der Waals surface area (Å²) in [7, 11) is 0. The van der Waals surface area contributed by atoms with Crippen LogP contribution in [0.25, 0.3) is 0 Å². The van der Waals surface area contributed by atoms with E-state index in [0.717, 1.165) is 19.4 Å². The standard InChI is InChI=1S/C8H16N2O2/c9-4-3-8(11)10-6-7-2-1-5-12-7/h7H,1-6,9H2,(H,10,11)/t7-/m0/s1. The third-order valence-corrected chi connectivity index (χ3v) is 1.92. The number of nitrogens with two attached hydrogens (primary N) is 1. The van der Waals surface area contributed by atoms with Crippen molar-refractivity contribution in [2.75, 3.05) is 19.7 Å². The van der Waals surface area contributed by atoms with Crippen LogP contribution < -0.4 is 11.1 Å². The van der Waals surface area contributed by atoms with Crippen molar-refractivity contribution < 1.29 is 9.53 Å². The number of carbonyl (C=O) groups excluding carboxylic acids is 1. The zero-order chi connectivity index (χ0) is 8.81. The highest BCUT2D eigenvalue weighted by atomic mass is 16.5. The van der Waals surface area contributed by atoms with Gasteiger partial charge in [0.05, 0.1) is 6.10 Å². The average Bonchev–Trinajstić information content (AvgIpc) is 2.53. The maximum atomic E-state index is 11.0. The molecule has 1 atom stereocenters. The summed E-state index contributed by atoms with van der Waals surface area (Å²) in [5.41, 5.74) is 5.22. The maximum absolute atomic E-state index is 11.0. The monoisotopic (exact) mass is 172 g/mol. The molecule has 0 unspecified atom stereocenters. The van der Waals surface area contributed by atoms with Crippen molar-refractivity contribution in [2.24, 2.45) is 5.73 Å². The Hall–Kier alpha value is -0.610. The Morgan fingerprint density at radius 2 is 2.50 bits per heavy atom. The van der Waals surface area contributed by atoms with E-state index in [0.29, 0.717) is 19.5 Å². The fraction of sp³-hybridized carbons (Fsp3) is 0.875. The van der Waals surface area contributed by atoms with E-state index in [2.05, 4.69) is 5.32 Å². The second-order valence-corrected chi connectivity index (χ2v) is 2.98. The Morgan fingerprint density at radius 3 is 3.08 bits per heavy atom. The van der Waals surface area contributed by atoms with Crippen LogP contribution in [0.15, 0.2) is 0 Å². The molecule has 1 aliphatic heterocycles. The molecule has 70 valence electrons. The number of carbonyl (C=O) groups is 1. The molecule has 4 heteroatoms. The lowest BCUT2D eigenvalue weighted by atomic mass is 10.2. The van der Waals surface area contributed by atoms with Gasteiger partial charge in [0.1, 0.15) is 0 Å². The van der Waals surface area contributed by atoms with E-state index < -0.39 is 0 Å². The first-order chi connectivity index (χ1) is 5.83. The van der Waals surface area contributed by atoms with Gasteiger partial charge < -0.3 is 15.8 Å². The van der Waals surface area contributed by atoms with Crippen molar-refractivity contribution in [3.63, 3.8) is 0 Å². The van der Waals surface area contributed by atoms with Gasteiger partial charge in [-0.05, 0) is 12.8 Å². The minimum atomic E-state index is 0.0213. The highest BCUT2D eigenvalue weighted by Crippen LogP contribution is 2.10. The van der Waals surface area contributed by atoms with E-state index in [-0.39, 0.29) is 12.0 Å². The van der Waals surface area contributed by atoms with Gasteiger partial charge in [0.15, 0.2) is 0 Å². The molecule has 1 rings (SSSR count). The molecule has 0 bridgehead atoms. The van der Waals surface area contributed by atoms with Crippen LogP contribution in [0.5, 0.6) is 0 Å². The molecule has 1 fully saturated rings. The quantitative estimate of drug-likeness (QED) is 0.608. The summed E-state index contributed by atoms with van der Waals surface area (Å²) < 4.78 is 5.34. The predicted octanol–water partition coefficient (Wildman–Crippen LogP) is -0.370. The Kier molecular flexibility index (Phi) is 4.04. The third kappa shape index (κ3) is 3.19. The Bertz CT molecular complexity index is 144. The Labute approximate surface area is 72.5 Å². The van der Waals surface area contributed by atoms with Gasteiger partial charge in [0, 0.05) is 26.1 Å². The summed E-state index contributed by atoms with van der Waals surface area (Å²) >= 11 is 0. The number of hydrogen-bond donors (Lipinski definition) is 2. The number of rotatable bonds is 4. The van der Waals surface area contributed by atoms with Gasteiger partial charge in [0.25, 0.3) is 0 Å². The smallest absolute Gasteiger partial charge is 0.221 e. The molecule has 1 saturated heterocycles. The third-order valence-electron chi connectivity index (χ3n) is 1.92. The fourth-order valence-electron chi connectivity index (χ4n) is 1.25. The van der Waals surface area contributed by atoms with Crippen molar-refractivity contribution in [1.82, 2.24) is 5.32 Å². The minimum Gasteiger partial charge on any atom is -0.376 e. The summed E-state index contributed by atoms with van der Waals surface area (Å²) in [4.78, 5) is 11.0. The molecule has 1 aliphatic rings. The molecule has 1 amide bonds. The van der Waals surface area contributed by atoms with Crippen LogP contribution in [-0.4, -0.2) is 31.7 Å². The van der Waals surface area contributed by atoms with Crippen molar-refractivity contribution in [2.45, 2.75) is 25.4 Å². The van der Waals surface area contributed by atoms with E-state index in [4.69, 9.17) is 10.5 Å². The van der Waals surface area contributed by atoms with E-state index in [9.17, 15) is 4.79 Å². The molecule has 0 aromatic heterocycles. The first-order valence-electron chi connectivity index (χ1n) is 4.41. The summed E-state index contributed by atoms with van der Waals surface area (Å²) in [6.07, 6.45) is 2.80. The summed E-state index contributed by atoms with van der Waals surface area (Å²) in [5, 5.41) is 2.78. The van der Waals surface area contributed by atoms with Crippen molar-refractivity contribution in [1.29, 1.82) is 0 Å². The lowest BCUT2D eigenvalue weighted by molar-refractivity contribution is -0.121. The highest BCUT2D eigenvalue weighted by Gasteiger charge is 2.15. The fourth-order valence-corrected chi connectivity index (χ4v) is 1.25. The second kappa shape index (κ2) is 5.11. The van der Waals surface area contributed by atoms with Crippen LogP contribution in [-0.2, 0) is 9.53 Å². The SMILES string of the molecule is NCCC(=O)NC[C@@H]1CCCO1. The highest BCUT2D eigenvalue weighted by molar-refractivity contribution is 5.76. The van der Waals surface area contributed by atoms with E-state index in [1.165, 1.54) is 0 Å². The second-order valence-electron chi connectivity index (χ2n) is 2.98. The molecule has 0 aromatic rings. The Balaban J connectivity index is 2.03. The van der Waals surface area contributed by atoms with Crippen LogP contribution in [0.4, 0.5) is 0 Å². The number of nitrogens with one attached hydrogen (secondary N) is 1. The van der Waals surface area contributed by atoms with Crippen molar-refractivity contribution in [3.8, 4) is 0 Å². The first-order valence-corrected chi connectivity index (χ1v) is 4.41. The van der Waals surface area contributed by atoms with E-state index in [1.807, 2.05) is 0 Å². The van der Waals surface area contributed by atoms with Crippen LogP contribution in [0, 0.1) is 0 Å². The molecular formula is C8H16N2O2.